The number of amides is 1. The summed E-state index contributed by atoms with van der Waals surface area (Å²) in [5.74, 6) is -0.534. The van der Waals surface area contributed by atoms with Crippen molar-refractivity contribution in [2.45, 2.75) is 84.0 Å². The fourth-order valence-corrected chi connectivity index (χ4v) is 2.14. The molecule has 0 aromatic rings. The second-order valence-corrected chi connectivity index (χ2v) is 5.43. The van der Waals surface area contributed by atoms with Crippen molar-refractivity contribution in [2.24, 2.45) is 0 Å². The van der Waals surface area contributed by atoms with Crippen molar-refractivity contribution in [1.29, 1.82) is 0 Å². The highest BCUT2D eigenvalue weighted by molar-refractivity contribution is 5.75. The number of carboxylic acid groups (broad SMARTS) is 1. The maximum absolute atomic E-state index is 11.5. The Bertz CT molecular complexity index is 254. The van der Waals surface area contributed by atoms with Crippen molar-refractivity contribution in [2.75, 3.05) is 6.54 Å². The molecule has 0 atom stereocenters. The van der Waals surface area contributed by atoms with Crippen LogP contribution in [-0.2, 0) is 9.59 Å². The lowest BCUT2D eigenvalue weighted by atomic mass is 10.1. The Balaban J connectivity index is 3.17. The van der Waals surface area contributed by atoms with Crippen molar-refractivity contribution in [3.05, 3.63) is 0 Å². The van der Waals surface area contributed by atoms with Gasteiger partial charge >= 0.3 is 5.97 Å². The minimum absolute atomic E-state index is 0.173. The lowest BCUT2D eigenvalue weighted by molar-refractivity contribution is -0.137. The van der Waals surface area contributed by atoms with E-state index in [0.29, 0.717) is 6.42 Å². The van der Waals surface area contributed by atoms with Crippen LogP contribution in [0.2, 0.25) is 0 Å². The van der Waals surface area contributed by atoms with Gasteiger partial charge in [0, 0.05) is 19.4 Å². The summed E-state index contributed by atoms with van der Waals surface area (Å²) in [6, 6.07) is 0. The van der Waals surface area contributed by atoms with Gasteiger partial charge in [-0.1, -0.05) is 51.9 Å². The number of unbranched alkanes of at least 4 members (excludes halogenated alkanes) is 8. The van der Waals surface area contributed by atoms with Crippen LogP contribution in [0.3, 0.4) is 0 Å². The molecule has 0 radical (unpaired) electrons. The summed E-state index contributed by atoms with van der Waals surface area (Å²) in [6.45, 7) is 2.99. The van der Waals surface area contributed by atoms with Crippen molar-refractivity contribution in [3.63, 3.8) is 0 Å². The van der Waals surface area contributed by atoms with Gasteiger partial charge in [-0.3, -0.25) is 9.59 Å². The van der Waals surface area contributed by atoms with E-state index >= 15 is 0 Å². The highest BCUT2D eigenvalue weighted by atomic mass is 16.4. The lowest BCUT2D eigenvalue weighted by Crippen LogP contribution is -2.23. The monoisotopic (exact) mass is 285 g/mol. The van der Waals surface area contributed by atoms with E-state index in [1.807, 2.05) is 0 Å². The molecule has 20 heavy (non-hydrogen) atoms. The van der Waals surface area contributed by atoms with Crippen LogP contribution >= 0.6 is 0 Å². The maximum Gasteiger partial charge on any atom is 0.303 e. The molecule has 0 spiro atoms. The number of hydrogen-bond acceptors (Lipinski definition) is 2. The molecule has 0 saturated carbocycles. The van der Waals surface area contributed by atoms with Gasteiger partial charge in [-0.25, -0.2) is 0 Å². The molecule has 0 aliphatic carbocycles. The van der Waals surface area contributed by atoms with Crippen molar-refractivity contribution >= 4 is 11.9 Å². The average Bonchev–Trinajstić information content (AvgIpc) is 2.41. The van der Waals surface area contributed by atoms with Crippen LogP contribution in [0.5, 0.6) is 0 Å². The van der Waals surface area contributed by atoms with Crippen LogP contribution < -0.4 is 5.32 Å². The number of carbonyl (C=O) groups excluding carboxylic acids is 1. The Morgan fingerprint density at radius 3 is 1.95 bits per heavy atom. The SMILES string of the molecule is CCCCCCNC(=O)CCCCCCCCC(=O)O. The van der Waals surface area contributed by atoms with Crippen molar-refractivity contribution in [3.8, 4) is 0 Å². The van der Waals surface area contributed by atoms with Gasteiger partial charge in [-0.15, -0.1) is 0 Å². The van der Waals surface area contributed by atoms with Crippen LogP contribution in [-0.4, -0.2) is 23.5 Å². The van der Waals surface area contributed by atoms with Crippen molar-refractivity contribution in [1.82, 2.24) is 5.32 Å². The van der Waals surface area contributed by atoms with E-state index in [1.54, 1.807) is 0 Å². The van der Waals surface area contributed by atoms with Gasteiger partial charge in [0.05, 0.1) is 0 Å². The Kier molecular flexibility index (Phi) is 13.6. The molecule has 0 saturated heterocycles. The van der Waals surface area contributed by atoms with E-state index in [0.717, 1.165) is 51.5 Å². The fraction of sp³-hybridized carbons (Fsp3) is 0.875. The standard InChI is InChI=1S/C16H31NO3/c1-2-3-4-11-14-17-15(18)12-9-7-5-6-8-10-13-16(19)20/h2-14H2,1H3,(H,17,18)(H,19,20). The molecule has 0 aromatic carbocycles. The highest BCUT2D eigenvalue weighted by Crippen LogP contribution is 2.08. The molecule has 0 unspecified atom stereocenters. The molecule has 0 fully saturated rings. The number of rotatable bonds is 14. The normalized spacial score (nSPS) is 10.4. The fourth-order valence-electron chi connectivity index (χ4n) is 2.14. The molecule has 1 amide bonds. The van der Waals surface area contributed by atoms with Gasteiger partial charge in [0.15, 0.2) is 0 Å². The Hall–Kier alpha value is -1.06. The first-order chi connectivity index (χ1) is 9.66. The molecule has 0 aromatic heterocycles. The van der Waals surface area contributed by atoms with Crippen molar-refractivity contribution < 1.29 is 14.7 Å². The van der Waals surface area contributed by atoms with Gasteiger partial charge in [-0.05, 0) is 19.3 Å². The van der Waals surface area contributed by atoms with Crippen LogP contribution in [0.25, 0.3) is 0 Å². The third-order valence-electron chi connectivity index (χ3n) is 3.40. The summed E-state index contributed by atoms with van der Waals surface area (Å²) in [7, 11) is 0. The summed E-state index contributed by atoms with van der Waals surface area (Å²) in [4.78, 5) is 21.8. The Morgan fingerprint density at radius 2 is 1.35 bits per heavy atom. The average molecular weight is 285 g/mol. The van der Waals surface area contributed by atoms with Gasteiger partial charge in [0.25, 0.3) is 0 Å². The van der Waals surface area contributed by atoms with Gasteiger partial charge in [0.2, 0.25) is 5.91 Å². The zero-order chi connectivity index (χ0) is 15.1. The van der Waals surface area contributed by atoms with E-state index in [1.165, 1.54) is 19.3 Å². The second kappa shape index (κ2) is 14.4. The highest BCUT2D eigenvalue weighted by Gasteiger charge is 2.00. The van der Waals surface area contributed by atoms with Crippen LogP contribution in [0.15, 0.2) is 0 Å². The summed E-state index contributed by atoms with van der Waals surface area (Å²) < 4.78 is 0. The number of nitrogens with one attached hydrogen (secondary N) is 1. The molecule has 4 heteroatoms. The second-order valence-electron chi connectivity index (χ2n) is 5.43. The Labute approximate surface area is 123 Å². The number of aliphatic carboxylic acids is 1. The molecular weight excluding hydrogens is 254 g/mol. The van der Waals surface area contributed by atoms with Crippen LogP contribution in [0.4, 0.5) is 0 Å². The zero-order valence-electron chi connectivity index (χ0n) is 13.0. The zero-order valence-corrected chi connectivity index (χ0v) is 13.0. The predicted molar refractivity (Wildman–Crippen MR) is 81.7 cm³/mol. The first-order valence-corrected chi connectivity index (χ1v) is 8.15. The summed E-state index contributed by atoms with van der Waals surface area (Å²) >= 11 is 0. The first-order valence-electron chi connectivity index (χ1n) is 8.15. The number of hydrogen-bond donors (Lipinski definition) is 2. The van der Waals surface area contributed by atoms with E-state index in [2.05, 4.69) is 12.2 Å². The van der Waals surface area contributed by atoms with E-state index in [9.17, 15) is 9.59 Å². The lowest BCUT2D eigenvalue weighted by Gasteiger charge is -2.05. The molecular formula is C16H31NO3. The molecule has 0 heterocycles. The summed E-state index contributed by atoms with van der Waals surface area (Å²) in [6.07, 6.45) is 11.6. The van der Waals surface area contributed by atoms with Crippen LogP contribution in [0, 0.1) is 0 Å². The van der Waals surface area contributed by atoms with E-state index in [4.69, 9.17) is 5.11 Å². The first kappa shape index (κ1) is 18.9. The molecule has 0 aliphatic heterocycles. The van der Waals surface area contributed by atoms with E-state index in [-0.39, 0.29) is 12.3 Å². The summed E-state index contributed by atoms with van der Waals surface area (Å²) in [5.41, 5.74) is 0. The summed E-state index contributed by atoms with van der Waals surface area (Å²) in [5, 5.41) is 11.5. The maximum atomic E-state index is 11.5. The molecule has 0 aliphatic rings. The minimum Gasteiger partial charge on any atom is -0.481 e. The molecule has 0 bridgehead atoms. The predicted octanol–water partition coefficient (Wildman–Crippen LogP) is 3.89. The largest absolute Gasteiger partial charge is 0.481 e. The Morgan fingerprint density at radius 1 is 0.800 bits per heavy atom. The van der Waals surface area contributed by atoms with E-state index < -0.39 is 5.97 Å². The third kappa shape index (κ3) is 15.0. The quantitative estimate of drug-likeness (QED) is 0.476. The molecule has 118 valence electrons. The van der Waals surface area contributed by atoms with Gasteiger partial charge in [-0.2, -0.15) is 0 Å². The number of carbonyl (C=O) groups is 2. The van der Waals surface area contributed by atoms with Crippen LogP contribution in [0.1, 0.15) is 84.0 Å². The third-order valence-corrected chi connectivity index (χ3v) is 3.40. The smallest absolute Gasteiger partial charge is 0.303 e. The minimum atomic E-state index is -0.708. The topological polar surface area (TPSA) is 66.4 Å². The number of carboxylic acids is 1. The molecule has 2 N–H and O–H groups in total. The molecule has 4 nitrogen and oxygen atoms in total. The van der Waals surface area contributed by atoms with Gasteiger partial charge < -0.3 is 10.4 Å². The molecule has 0 rings (SSSR count). The van der Waals surface area contributed by atoms with Gasteiger partial charge in [0.1, 0.15) is 0 Å².